The molecule has 0 aliphatic rings. The second-order valence-corrected chi connectivity index (χ2v) is 5.69. The Morgan fingerprint density at radius 2 is 1.17 bits per heavy atom. The highest BCUT2D eigenvalue weighted by Gasteiger charge is 2.22. The van der Waals surface area contributed by atoms with Crippen molar-refractivity contribution in [3.05, 3.63) is 0 Å². The molecule has 0 saturated heterocycles. The van der Waals surface area contributed by atoms with E-state index in [9.17, 15) is 10.2 Å². The van der Waals surface area contributed by atoms with Crippen LogP contribution in [0, 0.1) is 5.92 Å². The monoisotopic (exact) mass is 258 g/mol. The molecule has 0 aliphatic carbocycles. The summed E-state index contributed by atoms with van der Waals surface area (Å²) in [6.07, 6.45) is 11.0. The Labute approximate surface area is 114 Å². The first-order chi connectivity index (χ1) is 8.63. The van der Waals surface area contributed by atoms with Crippen molar-refractivity contribution in [2.24, 2.45) is 5.92 Å². The fourth-order valence-electron chi connectivity index (χ4n) is 2.55. The summed E-state index contributed by atoms with van der Waals surface area (Å²) in [7, 11) is 0. The van der Waals surface area contributed by atoms with Crippen LogP contribution in [0.4, 0.5) is 0 Å². The molecule has 0 rings (SSSR count). The van der Waals surface area contributed by atoms with E-state index in [4.69, 9.17) is 0 Å². The summed E-state index contributed by atoms with van der Waals surface area (Å²) >= 11 is 0. The van der Waals surface area contributed by atoms with E-state index in [0.29, 0.717) is 0 Å². The highest BCUT2D eigenvalue weighted by molar-refractivity contribution is 4.73. The van der Waals surface area contributed by atoms with Crippen molar-refractivity contribution in [2.45, 2.75) is 97.2 Å². The summed E-state index contributed by atoms with van der Waals surface area (Å²) in [6.45, 7) is 6.13. The van der Waals surface area contributed by atoms with Gasteiger partial charge in [-0.1, -0.05) is 65.2 Å². The average molecular weight is 258 g/mol. The Kier molecular flexibility index (Phi) is 11.9. The molecule has 0 saturated carbocycles. The van der Waals surface area contributed by atoms with Gasteiger partial charge in [-0.05, 0) is 25.7 Å². The van der Waals surface area contributed by atoms with Gasteiger partial charge in [0.05, 0.1) is 12.2 Å². The van der Waals surface area contributed by atoms with Gasteiger partial charge < -0.3 is 10.2 Å². The third-order valence-corrected chi connectivity index (χ3v) is 3.83. The molecule has 0 radical (unpaired) electrons. The van der Waals surface area contributed by atoms with Gasteiger partial charge in [-0.25, -0.2) is 0 Å². The third kappa shape index (κ3) is 8.93. The lowest BCUT2D eigenvalue weighted by Gasteiger charge is -2.25. The quantitative estimate of drug-likeness (QED) is 0.513. The van der Waals surface area contributed by atoms with E-state index >= 15 is 0 Å². The van der Waals surface area contributed by atoms with Crippen LogP contribution in [0.3, 0.4) is 0 Å². The molecule has 0 heterocycles. The van der Waals surface area contributed by atoms with Crippen molar-refractivity contribution in [3.63, 3.8) is 0 Å². The topological polar surface area (TPSA) is 40.5 Å². The minimum Gasteiger partial charge on any atom is -0.391 e. The molecule has 0 amide bonds. The van der Waals surface area contributed by atoms with Crippen LogP contribution < -0.4 is 0 Å². The molecular formula is C16H34O2. The largest absolute Gasteiger partial charge is 0.391 e. The van der Waals surface area contributed by atoms with Gasteiger partial charge in [-0.2, -0.15) is 0 Å². The van der Waals surface area contributed by atoms with Crippen LogP contribution in [-0.4, -0.2) is 22.4 Å². The maximum Gasteiger partial charge on any atom is 0.0824 e. The van der Waals surface area contributed by atoms with Crippen molar-refractivity contribution in [3.8, 4) is 0 Å². The van der Waals surface area contributed by atoms with Crippen LogP contribution in [0.2, 0.25) is 0 Å². The van der Waals surface area contributed by atoms with Crippen molar-refractivity contribution in [1.82, 2.24) is 0 Å². The summed E-state index contributed by atoms with van der Waals surface area (Å²) in [5.74, 6) is 0.290. The molecule has 0 aromatic rings. The molecule has 1 unspecified atom stereocenters. The number of rotatable bonds is 12. The smallest absolute Gasteiger partial charge is 0.0824 e. The van der Waals surface area contributed by atoms with Gasteiger partial charge in [0.2, 0.25) is 0 Å². The van der Waals surface area contributed by atoms with Crippen LogP contribution >= 0.6 is 0 Å². The third-order valence-electron chi connectivity index (χ3n) is 3.83. The number of hydrogen-bond acceptors (Lipinski definition) is 2. The SMILES string of the molecule is CCCCCCCC(CCCCC)[C@@H](O)[C@@H](C)O. The van der Waals surface area contributed by atoms with E-state index in [2.05, 4.69) is 13.8 Å². The minimum atomic E-state index is -0.590. The Hall–Kier alpha value is -0.0800. The van der Waals surface area contributed by atoms with E-state index in [0.717, 1.165) is 12.8 Å². The van der Waals surface area contributed by atoms with Gasteiger partial charge in [0.25, 0.3) is 0 Å². The molecule has 0 aromatic heterocycles. The van der Waals surface area contributed by atoms with Gasteiger partial charge in [-0.3, -0.25) is 0 Å². The fourth-order valence-corrected chi connectivity index (χ4v) is 2.55. The normalized spacial score (nSPS) is 16.5. The van der Waals surface area contributed by atoms with Crippen LogP contribution in [0.5, 0.6) is 0 Å². The Bertz CT molecular complexity index is 168. The summed E-state index contributed by atoms with van der Waals surface area (Å²) in [6, 6.07) is 0. The maximum atomic E-state index is 10.0. The van der Waals surface area contributed by atoms with Crippen LogP contribution in [-0.2, 0) is 0 Å². The number of aliphatic hydroxyl groups is 2. The first-order valence-electron chi connectivity index (χ1n) is 7.99. The van der Waals surface area contributed by atoms with Gasteiger partial charge in [0.1, 0.15) is 0 Å². The van der Waals surface area contributed by atoms with Gasteiger partial charge >= 0.3 is 0 Å². The molecule has 0 spiro atoms. The highest BCUT2D eigenvalue weighted by atomic mass is 16.3. The standard InChI is InChI=1S/C16H34O2/c1-4-6-8-9-11-13-15(12-10-7-5-2)16(18)14(3)17/h14-18H,4-13H2,1-3H3/t14-,15?,16+/m1/s1. The summed E-state index contributed by atoms with van der Waals surface area (Å²) in [5.41, 5.74) is 0. The molecule has 2 heteroatoms. The van der Waals surface area contributed by atoms with Gasteiger partial charge in [0.15, 0.2) is 0 Å². The van der Waals surface area contributed by atoms with Crippen LogP contribution in [0.15, 0.2) is 0 Å². The number of unbranched alkanes of at least 4 members (excludes halogenated alkanes) is 6. The predicted octanol–water partition coefficient (Wildman–Crippen LogP) is 4.29. The molecular weight excluding hydrogens is 224 g/mol. The molecule has 110 valence electrons. The second kappa shape index (κ2) is 12.0. The van der Waals surface area contributed by atoms with Gasteiger partial charge in [0, 0.05) is 0 Å². The molecule has 0 bridgehead atoms. The lowest BCUT2D eigenvalue weighted by molar-refractivity contribution is -0.0134. The number of aliphatic hydroxyl groups excluding tert-OH is 2. The highest BCUT2D eigenvalue weighted by Crippen LogP contribution is 2.23. The molecule has 18 heavy (non-hydrogen) atoms. The Balaban J connectivity index is 3.88. The van der Waals surface area contributed by atoms with E-state index < -0.39 is 12.2 Å². The van der Waals surface area contributed by atoms with Crippen molar-refractivity contribution in [1.29, 1.82) is 0 Å². The minimum absolute atomic E-state index is 0.290. The predicted molar refractivity (Wildman–Crippen MR) is 78.7 cm³/mol. The molecule has 2 nitrogen and oxygen atoms in total. The zero-order valence-electron chi connectivity index (χ0n) is 12.7. The van der Waals surface area contributed by atoms with Crippen LogP contribution in [0.25, 0.3) is 0 Å². The van der Waals surface area contributed by atoms with E-state index in [1.807, 2.05) is 0 Å². The zero-order chi connectivity index (χ0) is 13.8. The molecule has 0 fully saturated rings. The molecule has 2 N–H and O–H groups in total. The number of hydrogen-bond donors (Lipinski definition) is 2. The molecule has 0 aliphatic heterocycles. The van der Waals surface area contributed by atoms with E-state index in [1.54, 1.807) is 6.92 Å². The zero-order valence-corrected chi connectivity index (χ0v) is 12.7. The van der Waals surface area contributed by atoms with Crippen LogP contribution in [0.1, 0.15) is 85.0 Å². The Morgan fingerprint density at radius 3 is 1.67 bits per heavy atom. The van der Waals surface area contributed by atoms with Crippen molar-refractivity contribution in [2.75, 3.05) is 0 Å². The lowest BCUT2D eigenvalue weighted by Crippen LogP contribution is -2.31. The second-order valence-electron chi connectivity index (χ2n) is 5.69. The lowest BCUT2D eigenvalue weighted by atomic mass is 9.88. The Morgan fingerprint density at radius 1 is 0.722 bits per heavy atom. The summed E-state index contributed by atoms with van der Waals surface area (Å²) in [4.78, 5) is 0. The van der Waals surface area contributed by atoms with E-state index in [-0.39, 0.29) is 5.92 Å². The first kappa shape index (κ1) is 17.9. The van der Waals surface area contributed by atoms with Gasteiger partial charge in [-0.15, -0.1) is 0 Å². The summed E-state index contributed by atoms with van der Waals surface area (Å²) in [5, 5.41) is 19.6. The van der Waals surface area contributed by atoms with E-state index in [1.165, 1.54) is 51.4 Å². The molecule has 3 atom stereocenters. The first-order valence-corrected chi connectivity index (χ1v) is 7.99. The average Bonchev–Trinajstić information content (AvgIpc) is 2.35. The maximum absolute atomic E-state index is 10.0. The molecule has 0 aromatic carbocycles. The fraction of sp³-hybridized carbons (Fsp3) is 1.00. The summed E-state index contributed by atoms with van der Waals surface area (Å²) < 4.78 is 0. The van der Waals surface area contributed by atoms with Crippen molar-refractivity contribution < 1.29 is 10.2 Å². The van der Waals surface area contributed by atoms with Crippen molar-refractivity contribution >= 4 is 0 Å².